The minimum Gasteiger partial charge on any atom is -0.495 e. The largest absolute Gasteiger partial charge is 0.495 e. The highest BCUT2D eigenvalue weighted by atomic mass is 16.5. The zero-order valence-corrected chi connectivity index (χ0v) is 15.1. The van der Waals surface area contributed by atoms with Crippen molar-refractivity contribution in [2.24, 2.45) is 0 Å². The molecule has 1 aromatic carbocycles. The number of esters is 1. The zero-order valence-electron chi connectivity index (χ0n) is 15.1. The number of amides is 2. The predicted molar refractivity (Wildman–Crippen MR) is 95.9 cm³/mol. The Hall–Kier alpha value is -2.61. The normalized spacial score (nSPS) is 17.3. The molecule has 142 valence electrons. The van der Waals surface area contributed by atoms with Gasteiger partial charge < -0.3 is 20.1 Å². The van der Waals surface area contributed by atoms with Gasteiger partial charge in [-0.3, -0.25) is 19.3 Å². The SMILES string of the molecule is CCCOC(=O)CC1C(=O)NCCN1CC(=O)Nc1ccccc1OC. The average Bonchev–Trinajstić information content (AvgIpc) is 2.63. The highest BCUT2D eigenvalue weighted by Gasteiger charge is 2.33. The summed E-state index contributed by atoms with van der Waals surface area (Å²) in [6.07, 6.45) is 0.640. The lowest BCUT2D eigenvalue weighted by Crippen LogP contribution is -2.57. The summed E-state index contributed by atoms with van der Waals surface area (Å²) in [7, 11) is 1.53. The molecule has 0 aromatic heterocycles. The fourth-order valence-corrected chi connectivity index (χ4v) is 2.73. The number of nitrogens with zero attached hydrogens (tertiary/aromatic N) is 1. The topological polar surface area (TPSA) is 97.0 Å². The van der Waals surface area contributed by atoms with E-state index in [0.717, 1.165) is 0 Å². The number of ether oxygens (including phenoxy) is 2. The van der Waals surface area contributed by atoms with Gasteiger partial charge in [-0.15, -0.1) is 0 Å². The second-order valence-corrected chi connectivity index (χ2v) is 5.95. The molecule has 1 heterocycles. The Labute approximate surface area is 152 Å². The van der Waals surface area contributed by atoms with Gasteiger partial charge >= 0.3 is 5.97 Å². The average molecular weight is 363 g/mol. The van der Waals surface area contributed by atoms with Gasteiger partial charge in [0.1, 0.15) is 11.8 Å². The molecule has 8 heteroatoms. The number of anilines is 1. The summed E-state index contributed by atoms with van der Waals surface area (Å²) in [5.41, 5.74) is 0.556. The molecular weight excluding hydrogens is 338 g/mol. The Balaban J connectivity index is 1.98. The van der Waals surface area contributed by atoms with E-state index in [1.54, 1.807) is 29.2 Å². The Morgan fingerprint density at radius 1 is 1.35 bits per heavy atom. The Bertz CT molecular complexity index is 649. The van der Waals surface area contributed by atoms with Crippen LogP contribution in [0.25, 0.3) is 0 Å². The van der Waals surface area contributed by atoms with E-state index < -0.39 is 12.0 Å². The maximum absolute atomic E-state index is 12.4. The van der Waals surface area contributed by atoms with Crippen LogP contribution in [0.4, 0.5) is 5.69 Å². The molecule has 1 fully saturated rings. The van der Waals surface area contributed by atoms with Crippen molar-refractivity contribution in [1.82, 2.24) is 10.2 Å². The summed E-state index contributed by atoms with van der Waals surface area (Å²) in [5, 5.41) is 5.50. The fourth-order valence-electron chi connectivity index (χ4n) is 2.73. The van der Waals surface area contributed by atoms with E-state index in [4.69, 9.17) is 9.47 Å². The van der Waals surface area contributed by atoms with Crippen molar-refractivity contribution in [2.75, 3.05) is 38.7 Å². The lowest BCUT2D eigenvalue weighted by molar-refractivity contribution is -0.148. The smallest absolute Gasteiger partial charge is 0.307 e. The van der Waals surface area contributed by atoms with Crippen LogP contribution in [-0.2, 0) is 19.1 Å². The number of carbonyl (C=O) groups excluding carboxylic acids is 3. The molecule has 26 heavy (non-hydrogen) atoms. The summed E-state index contributed by atoms with van der Waals surface area (Å²) >= 11 is 0. The Morgan fingerprint density at radius 3 is 2.85 bits per heavy atom. The molecule has 0 spiro atoms. The molecule has 2 amide bonds. The third kappa shape index (κ3) is 5.45. The van der Waals surface area contributed by atoms with E-state index in [0.29, 0.717) is 37.6 Å². The van der Waals surface area contributed by atoms with Gasteiger partial charge in [0.05, 0.1) is 32.4 Å². The van der Waals surface area contributed by atoms with Crippen LogP contribution in [0.2, 0.25) is 0 Å². The second-order valence-electron chi connectivity index (χ2n) is 5.95. The van der Waals surface area contributed by atoms with Gasteiger partial charge in [-0.05, 0) is 18.6 Å². The maximum Gasteiger partial charge on any atom is 0.307 e. The molecule has 0 bridgehead atoms. The van der Waals surface area contributed by atoms with Gasteiger partial charge in [0.15, 0.2) is 0 Å². The van der Waals surface area contributed by atoms with Gasteiger partial charge in [0, 0.05) is 13.1 Å². The van der Waals surface area contributed by atoms with Crippen LogP contribution in [0.1, 0.15) is 19.8 Å². The first-order valence-corrected chi connectivity index (χ1v) is 8.65. The number of nitrogens with one attached hydrogen (secondary N) is 2. The monoisotopic (exact) mass is 363 g/mol. The number of benzene rings is 1. The number of carbonyl (C=O) groups is 3. The molecule has 8 nitrogen and oxygen atoms in total. The highest BCUT2D eigenvalue weighted by molar-refractivity contribution is 5.94. The van der Waals surface area contributed by atoms with E-state index in [1.165, 1.54) is 7.11 Å². The van der Waals surface area contributed by atoms with Gasteiger partial charge in [-0.2, -0.15) is 0 Å². The third-order valence-corrected chi connectivity index (χ3v) is 4.00. The Morgan fingerprint density at radius 2 is 2.12 bits per heavy atom. The predicted octanol–water partition coefficient (Wildman–Crippen LogP) is 0.777. The third-order valence-electron chi connectivity index (χ3n) is 4.00. The first-order chi connectivity index (χ1) is 12.5. The first kappa shape index (κ1) is 19.7. The molecule has 1 aliphatic rings. The summed E-state index contributed by atoms with van der Waals surface area (Å²) < 4.78 is 10.3. The Kier molecular flexibility index (Phi) is 7.40. The van der Waals surface area contributed by atoms with Crippen LogP contribution in [0.15, 0.2) is 24.3 Å². The number of methoxy groups -OCH3 is 1. The molecule has 0 aliphatic carbocycles. The molecule has 0 radical (unpaired) electrons. The molecule has 1 saturated heterocycles. The number of hydrogen-bond acceptors (Lipinski definition) is 6. The highest BCUT2D eigenvalue weighted by Crippen LogP contribution is 2.23. The van der Waals surface area contributed by atoms with E-state index in [-0.39, 0.29) is 24.8 Å². The summed E-state index contributed by atoms with van der Waals surface area (Å²) in [5.74, 6) is -0.438. The van der Waals surface area contributed by atoms with Crippen molar-refractivity contribution >= 4 is 23.5 Å². The van der Waals surface area contributed by atoms with Crippen molar-refractivity contribution < 1.29 is 23.9 Å². The number of rotatable bonds is 8. The zero-order chi connectivity index (χ0) is 18.9. The molecule has 0 saturated carbocycles. The van der Waals surface area contributed by atoms with Crippen LogP contribution >= 0.6 is 0 Å². The molecule has 1 unspecified atom stereocenters. The molecule has 2 N–H and O–H groups in total. The molecular formula is C18H25N3O5. The van der Waals surface area contributed by atoms with E-state index in [2.05, 4.69) is 10.6 Å². The van der Waals surface area contributed by atoms with E-state index in [9.17, 15) is 14.4 Å². The van der Waals surface area contributed by atoms with Crippen LogP contribution in [0.3, 0.4) is 0 Å². The van der Waals surface area contributed by atoms with Crippen molar-refractivity contribution in [2.45, 2.75) is 25.8 Å². The van der Waals surface area contributed by atoms with Gasteiger partial charge in [-0.1, -0.05) is 19.1 Å². The summed E-state index contributed by atoms with van der Waals surface area (Å²) in [6, 6.07) is 6.37. The van der Waals surface area contributed by atoms with Gasteiger partial charge in [-0.25, -0.2) is 0 Å². The number of hydrogen-bond donors (Lipinski definition) is 2. The standard InChI is InChI=1S/C18H25N3O5/c1-3-10-26-17(23)11-14-18(24)19-8-9-21(14)12-16(22)20-13-6-4-5-7-15(13)25-2/h4-7,14H,3,8-12H2,1-2H3,(H,19,24)(H,20,22). The minimum absolute atomic E-state index is 0.00278. The van der Waals surface area contributed by atoms with Crippen molar-refractivity contribution in [3.8, 4) is 5.75 Å². The molecule has 1 aromatic rings. The van der Waals surface area contributed by atoms with Crippen molar-refractivity contribution in [3.05, 3.63) is 24.3 Å². The van der Waals surface area contributed by atoms with Crippen LogP contribution in [0, 0.1) is 0 Å². The fraction of sp³-hybridized carbons (Fsp3) is 0.500. The van der Waals surface area contributed by atoms with E-state index in [1.807, 2.05) is 6.92 Å². The van der Waals surface area contributed by atoms with Crippen molar-refractivity contribution in [3.63, 3.8) is 0 Å². The van der Waals surface area contributed by atoms with E-state index >= 15 is 0 Å². The van der Waals surface area contributed by atoms with Crippen LogP contribution in [0.5, 0.6) is 5.75 Å². The number of piperazine rings is 1. The maximum atomic E-state index is 12.4. The van der Waals surface area contributed by atoms with Crippen LogP contribution in [-0.4, -0.2) is 62.1 Å². The van der Waals surface area contributed by atoms with Crippen molar-refractivity contribution in [1.29, 1.82) is 0 Å². The second kappa shape index (κ2) is 9.76. The number of para-hydroxylation sites is 2. The minimum atomic E-state index is -0.712. The summed E-state index contributed by atoms with van der Waals surface area (Å²) in [4.78, 5) is 38.1. The molecule has 1 atom stereocenters. The lowest BCUT2D eigenvalue weighted by Gasteiger charge is -2.33. The lowest BCUT2D eigenvalue weighted by atomic mass is 10.1. The molecule has 1 aliphatic heterocycles. The quantitative estimate of drug-likeness (QED) is 0.663. The summed E-state index contributed by atoms with van der Waals surface area (Å²) in [6.45, 7) is 3.13. The van der Waals surface area contributed by atoms with Gasteiger partial charge in [0.2, 0.25) is 11.8 Å². The first-order valence-electron chi connectivity index (χ1n) is 8.65. The van der Waals surface area contributed by atoms with Crippen LogP contribution < -0.4 is 15.4 Å². The molecule has 2 rings (SSSR count). The van der Waals surface area contributed by atoms with Gasteiger partial charge in [0.25, 0.3) is 0 Å².